The number of esters is 1. The summed E-state index contributed by atoms with van der Waals surface area (Å²) in [6.45, 7) is 9.71. The molecule has 0 aromatic rings. The van der Waals surface area contributed by atoms with Gasteiger partial charge >= 0.3 is 5.97 Å². The molecule has 4 nitrogen and oxygen atoms in total. The lowest BCUT2D eigenvalue weighted by molar-refractivity contribution is -0.151. The summed E-state index contributed by atoms with van der Waals surface area (Å²) in [7, 11) is 0. The number of allylic oxidation sites excluding steroid dienone is 3. The summed E-state index contributed by atoms with van der Waals surface area (Å²) in [5.74, 6) is 2.25. The third-order valence-corrected chi connectivity index (χ3v) is 10.4. The van der Waals surface area contributed by atoms with E-state index < -0.39 is 0 Å². The monoisotopic (exact) mass is 453 g/mol. The largest absolute Gasteiger partial charge is 0.462 e. The molecule has 0 radical (unpaired) electrons. The van der Waals surface area contributed by atoms with Crippen LogP contribution in [0.5, 0.6) is 0 Å². The van der Waals surface area contributed by atoms with Crippen LogP contribution in [-0.4, -0.2) is 42.4 Å². The molecule has 1 aliphatic heterocycles. The van der Waals surface area contributed by atoms with E-state index in [9.17, 15) is 9.59 Å². The number of hydrogen-bond acceptors (Lipinski definition) is 4. The lowest BCUT2D eigenvalue weighted by atomic mass is 9.47. The Morgan fingerprint density at radius 3 is 2.52 bits per heavy atom. The van der Waals surface area contributed by atoms with Gasteiger partial charge in [-0.15, -0.1) is 0 Å². The van der Waals surface area contributed by atoms with Crippen LogP contribution in [0.3, 0.4) is 0 Å². The van der Waals surface area contributed by atoms with E-state index >= 15 is 0 Å². The molecular weight excluding hydrogens is 410 g/mol. The van der Waals surface area contributed by atoms with Gasteiger partial charge in [0.15, 0.2) is 5.78 Å². The highest BCUT2D eigenvalue weighted by Gasteiger charge is 2.57. The Labute approximate surface area is 200 Å². The van der Waals surface area contributed by atoms with Crippen LogP contribution >= 0.6 is 0 Å². The van der Waals surface area contributed by atoms with Crippen molar-refractivity contribution in [1.29, 1.82) is 0 Å². The number of hydrogen-bond donors (Lipinski definition) is 0. The van der Waals surface area contributed by atoms with Gasteiger partial charge in [-0.25, -0.2) is 0 Å². The predicted molar refractivity (Wildman–Crippen MR) is 131 cm³/mol. The molecule has 1 heterocycles. The van der Waals surface area contributed by atoms with E-state index in [0.717, 1.165) is 63.7 Å². The van der Waals surface area contributed by atoms with Crippen LogP contribution in [0.15, 0.2) is 23.3 Å². The molecule has 182 valence electrons. The Balaban J connectivity index is 1.21. The van der Waals surface area contributed by atoms with Crippen LogP contribution in [0, 0.1) is 28.6 Å². The molecule has 5 rings (SSSR count). The number of ether oxygens (including phenoxy) is 1. The third kappa shape index (κ3) is 4.15. The minimum atomic E-state index is -0.00862. The zero-order valence-corrected chi connectivity index (χ0v) is 21.0. The fourth-order valence-electron chi connectivity index (χ4n) is 8.52. The summed E-state index contributed by atoms with van der Waals surface area (Å²) in [5, 5.41) is 0. The van der Waals surface area contributed by atoms with Crippen LogP contribution in [-0.2, 0) is 14.3 Å². The van der Waals surface area contributed by atoms with Crippen molar-refractivity contribution in [1.82, 2.24) is 4.90 Å². The molecule has 0 aromatic heterocycles. The minimum Gasteiger partial charge on any atom is -0.462 e. The standard InChI is InChI=1S/C29H43NO3/c1-20(31)24-9-10-25-23-8-7-21-19-22(33-27(32)13-18-30-16-5-4-6-17-30)11-14-28(21,2)26(23)12-15-29(24,25)3/h7,9,22-23,25-26H,4-6,8,10-19H2,1-3H3/t22-,23+,25-,26+,28+,29-/m1/s1. The average Bonchev–Trinajstić information content (AvgIpc) is 3.16. The van der Waals surface area contributed by atoms with Gasteiger partial charge in [0.25, 0.3) is 0 Å². The zero-order chi connectivity index (χ0) is 23.2. The Morgan fingerprint density at radius 2 is 1.76 bits per heavy atom. The van der Waals surface area contributed by atoms with Gasteiger partial charge in [0.1, 0.15) is 6.10 Å². The number of likely N-dealkylation sites (tertiary alicyclic amines) is 1. The zero-order valence-electron chi connectivity index (χ0n) is 21.0. The van der Waals surface area contributed by atoms with Crippen molar-refractivity contribution in [2.24, 2.45) is 28.6 Å². The van der Waals surface area contributed by atoms with Gasteiger partial charge in [-0.2, -0.15) is 0 Å². The highest BCUT2D eigenvalue weighted by atomic mass is 16.5. The van der Waals surface area contributed by atoms with Crippen molar-refractivity contribution < 1.29 is 14.3 Å². The molecule has 1 saturated heterocycles. The van der Waals surface area contributed by atoms with Crippen LogP contribution in [0.25, 0.3) is 0 Å². The number of piperidine rings is 1. The van der Waals surface area contributed by atoms with Gasteiger partial charge < -0.3 is 9.64 Å². The highest BCUT2D eigenvalue weighted by Crippen LogP contribution is 2.65. The molecule has 5 aliphatic rings. The van der Waals surface area contributed by atoms with Crippen molar-refractivity contribution in [2.75, 3.05) is 19.6 Å². The van der Waals surface area contributed by atoms with Crippen molar-refractivity contribution in [3.05, 3.63) is 23.3 Å². The first kappa shape index (κ1) is 23.3. The summed E-state index contributed by atoms with van der Waals surface area (Å²) in [4.78, 5) is 27.3. The number of ketones is 1. The van der Waals surface area contributed by atoms with Gasteiger partial charge in [0.05, 0.1) is 6.42 Å². The van der Waals surface area contributed by atoms with E-state index in [-0.39, 0.29) is 28.7 Å². The van der Waals surface area contributed by atoms with Gasteiger partial charge in [0.2, 0.25) is 0 Å². The molecule has 0 amide bonds. The maximum absolute atomic E-state index is 12.6. The molecule has 33 heavy (non-hydrogen) atoms. The second kappa shape index (κ2) is 8.98. The Morgan fingerprint density at radius 1 is 1.00 bits per heavy atom. The fraction of sp³-hybridized carbons (Fsp3) is 0.793. The van der Waals surface area contributed by atoms with E-state index in [1.807, 2.05) is 0 Å². The maximum atomic E-state index is 12.6. The van der Waals surface area contributed by atoms with Crippen LogP contribution in [0.2, 0.25) is 0 Å². The second-order valence-corrected chi connectivity index (χ2v) is 12.1. The van der Waals surface area contributed by atoms with Crippen LogP contribution < -0.4 is 0 Å². The van der Waals surface area contributed by atoms with E-state index in [1.54, 1.807) is 12.5 Å². The predicted octanol–water partition coefficient (Wildman–Crippen LogP) is 5.86. The topological polar surface area (TPSA) is 46.6 Å². The molecular formula is C29H43NO3. The maximum Gasteiger partial charge on any atom is 0.307 e. The summed E-state index contributed by atoms with van der Waals surface area (Å²) in [5.41, 5.74) is 2.96. The van der Waals surface area contributed by atoms with E-state index in [2.05, 4.69) is 30.9 Å². The molecule has 4 aliphatic carbocycles. The lowest BCUT2D eigenvalue weighted by Crippen LogP contribution is -2.50. The van der Waals surface area contributed by atoms with Crippen LogP contribution in [0.1, 0.15) is 91.4 Å². The third-order valence-electron chi connectivity index (χ3n) is 10.4. The Bertz CT molecular complexity index is 853. The quantitative estimate of drug-likeness (QED) is 0.386. The second-order valence-electron chi connectivity index (χ2n) is 12.1. The lowest BCUT2D eigenvalue weighted by Gasteiger charge is -2.57. The average molecular weight is 454 g/mol. The van der Waals surface area contributed by atoms with Crippen molar-refractivity contribution in [3.63, 3.8) is 0 Å². The summed E-state index contributed by atoms with van der Waals surface area (Å²) in [6.07, 6.45) is 16.8. The molecule has 0 N–H and O–H groups in total. The summed E-state index contributed by atoms with van der Waals surface area (Å²) < 4.78 is 5.99. The number of nitrogens with zero attached hydrogens (tertiary/aromatic N) is 1. The molecule has 0 unspecified atom stereocenters. The molecule has 3 fully saturated rings. The summed E-state index contributed by atoms with van der Waals surface area (Å²) in [6, 6.07) is 0. The van der Waals surface area contributed by atoms with Crippen molar-refractivity contribution in [2.45, 2.75) is 97.5 Å². The first-order chi connectivity index (χ1) is 15.8. The highest BCUT2D eigenvalue weighted by molar-refractivity contribution is 5.95. The smallest absolute Gasteiger partial charge is 0.307 e. The normalized spacial score (nSPS) is 40.7. The van der Waals surface area contributed by atoms with Crippen molar-refractivity contribution >= 4 is 11.8 Å². The number of carbonyl (C=O) groups excluding carboxylic acids is 2. The molecule has 0 bridgehead atoms. The molecule has 4 heteroatoms. The SMILES string of the molecule is CC(=O)C1=CC[C@@H]2[C@@H]3CC=C4C[C@H](OC(=O)CCN5CCCCC5)CC[C@]4(C)[C@H]3CC[C@]12C. The Kier molecular flexibility index (Phi) is 6.35. The summed E-state index contributed by atoms with van der Waals surface area (Å²) >= 11 is 0. The number of carbonyl (C=O) groups is 2. The number of rotatable bonds is 5. The van der Waals surface area contributed by atoms with Gasteiger partial charge in [-0.3, -0.25) is 9.59 Å². The van der Waals surface area contributed by atoms with Gasteiger partial charge in [-0.1, -0.05) is 38.0 Å². The number of Topliss-reactive ketones (excluding diaryl/α,β-unsaturated/α-hetero) is 1. The number of fused-ring (bicyclic) bond motifs is 5. The molecule has 6 atom stereocenters. The first-order valence-electron chi connectivity index (χ1n) is 13.6. The van der Waals surface area contributed by atoms with Gasteiger partial charge in [0, 0.05) is 13.0 Å². The fourth-order valence-corrected chi connectivity index (χ4v) is 8.52. The molecule has 0 aromatic carbocycles. The van der Waals surface area contributed by atoms with E-state index in [0.29, 0.717) is 24.2 Å². The first-order valence-corrected chi connectivity index (χ1v) is 13.6. The van der Waals surface area contributed by atoms with E-state index in [4.69, 9.17) is 4.74 Å². The van der Waals surface area contributed by atoms with E-state index in [1.165, 1.54) is 25.7 Å². The Hall–Kier alpha value is -1.42. The van der Waals surface area contributed by atoms with Crippen molar-refractivity contribution in [3.8, 4) is 0 Å². The van der Waals surface area contributed by atoms with Crippen LogP contribution in [0.4, 0.5) is 0 Å². The molecule has 0 spiro atoms. The minimum absolute atomic E-state index is 0.00862. The van der Waals surface area contributed by atoms with Gasteiger partial charge in [-0.05, 0) is 106 Å². The molecule has 2 saturated carbocycles.